The van der Waals surface area contributed by atoms with Crippen molar-refractivity contribution in [3.05, 3.63) is 48.2 Å². The van der Waals surface area contributed by atoms with E-state index in [9.17, 15) is 19.5 Å². The summed E-state index contributed by atoms with van der Waals surface area (Å²) in [6.45, 7) is 1.99. The number of anilines is 2. The first-order valence-electron chi connectivity index (χ1n) is 12.5. The fourth-order valence-corrected chi connectivity index (χ4v) is 5.96. The van der Waals surface area contributed by atoms with E-state index in [2.05, 4.69) is 31.6 Å². The Balaban J connectivity index is 1.24. The second-order valence-corrected chi connectivity index (χ2v) is 10.7. The summed E-state index contributed by atoms with van der Waals surface area (Å²) in [6, 6.07) is 11.3. The zero-order valence-corrected chi connectivity index (χ0v) is 21.8. The molecule has 0 spiro atoms. The monoisotopic (exact) mass is 535 g/mol. The SMILES string of the molecule is COc1ccc2nccc(NC(=O)C[C@@H]3CCN(Cc4ccc5c(c4)NC(=O)CS5)C[C@@H]3CC(=O)O)c2n1. The fourth-order valence-electron chi connectivity index (χ4n) is 5.17. The number of carbonyl (C=O) groups excluding carboxylic acids is 2. The van der Waals surface area contributed by atoms with Gasteiger partial charge in [-0.1, -0.05) is 6.07 Å². The molecule has 2 amide bonds. The van der Waals surface area contributed by atoms with E-state index in [1.54, 1.807) is 24.4 Å². The van der Waals surface area contributed by atoms with Gasteiger partial charge in [0.25, 0.3) is 0 Å². The predicted octanol–water partition coefficient (Wildman–Crippen LogP) is 3.62. The molecule has 1 saturated heterocycles. The molecular weight excluding hydrogens is 506 g/mol. The van der Waals surface area contributed by atoms with Gasteiger partial charge in [0.1, 0.15) is 5.52 Å². The lowest BCUT2D eigenvalue weighted by molar-refractivity contribution is -0.139. The van der Waals surface area contributed by atoms with Gasteiger partial charge in [0.15, 0.2) is 0 Å². The molecule has 11 heteroatoms. The molecule has 0 radical (unpaired) electrons. The van der Waals surface area contributed by atoms with E-state index in [0.717, 1.165) is 22.7 Å². The number of aliphatic carboxylic acids is 1. The van der Waals surface area contributed by atoms with Gasteiger partial charge in [0.05, 0.1) is 29.8 Å². The number of hydrogen-bond donors (Lipinski definition) is 3. The molecule has 198 valence electrons. The van der Waals surface area contributed by atoms with E-state index in [1.165, 1.54) is 18.9 Å². The minimum Gasteiger partial charge on any atom is -0.481 e. The molecule has 0 bridgehead atoms. The molecule has 5 rings (SSSR count). The van der Waals surface area contributed by atoms with Crippen LogP contribution in [0.3, 0.4) is 0 Å². The number of carbonyl (C=O) groups is 3. The average Bonchev–Trinajstić information content (AvgIpc) is 2.89. The molecule has 10 nitrogen and oxygen atoms in total. The van der Waals surface area contributed by atoms with Crippen molar-refractivity contribution in [1.29, 1.82) is 0 Å². The van der Waals surface area contributed by atoms with E-state index < -0.39 is 5.97 Å². The van der Waals surface area contributed by atoms with Crippen molar-refractivity contribution >= 4 is 52.0 Å². The number of nitrogens with zero attached hydrogens (tertiary/aromatic N) is 3. The number of benzene rings is 1. The Bertz CT molecular complexity index is 1380. The maximum atomic E-state index is 13.1. The smallest absolute Gasteiger partial charge is 0.303 e. The van der Waals surface area contributed by atoms with Gasteiger partial charge < -0.3 is 20.5 Å². The third-order valence-electron chi connectivity index (χ3n) is 6.98. The summed E-state index contributed by atoms with van der Waals surface area (Å²) in [7, 11) is 1.53. The van der Waals surface area contributed by atoms with Crippen LogP contribution >= 0.6 is 11.8 Å². The van der Waals surface area contributed by atoms with Crippen molar-refractivity contribution < 1.29 is 24.2 Å². The van der Waals surface area contributed by atoms with Crippen LogP contribution in [0, 0.1) is 11.8 Å². The zero-order chi connectivity index (χ0) is 26.6. The normalized spacial score (nSPS) is 19.4. The van der Waals surface area contributed by atoms with Crippen LogP contribution in [0.1, 0.15) is 24.8 Å². The third-order valence-corrected chi connectivity index (χ3v) is 8.06. The van der Waals surface area contributed by atoms with Gasteiger partial charge in [0.2, 0.25) is 17.7 Å². The Kier molecular flexibility index (Phi) is 7.75. The molecular formula is C27H29N5O5S. The Labute approximate surface area is 224 Å². The van der Waals surface area contributed by atoms with E-state index in [1.807, 2.05) is 12.1 Å². The Morgan fingerprint density at radius 3 is 2.89 bits per heavy atom. The van der Waals surface area contributed by atoms with Crippen molar-refractivity contribution in [1.82, 2.24) is 14.9 Å². The van der Waals surface area contributed by atoms with E-state index in [4.69, 9.17) is 4.74 Å². The zero-order valence-electron chi connectivity index (χ0n) is 21.0. The molecule has 2 aliphatic rings. The number of methoxy groups -OCH3 is 1. The molecule has 0 saturated carbocycles. The summed E-state index contributed by atoms with van der Waals surface area (Å²) < 4.78 is 5.21. The maximum Gasteiger partial charge on any atom is 0.303 e. The molecule has 2 aliphatic heterocycles. The highest BCUT2D eigenvalue weighted by Gasteiger charge is 2.32. The molecule has 1 aromatic carbocycles. The molecule has 38 heavy (non-hydrogen) atoms. The standard InChI is InChI=1S/C27H29N5O5S/c1-37-25-5-3-19-27(31-25)20(6-8-28-19)29-23(33)11-17-7-9-32(14-18(17)12-26(35)36)13-16-2-4-22-21(10-16)30-24(34)15-38-22/h2-6,8,10,17-18H,7,9,11-15H2,1H3,(H,30,34)(H,35,36)(H,28,29,33)/t17-,18-/m0/s1. The van der Waals surface area contributed by atoms with Crippen LogP contribution in [0.4, 0.5) is 11.4 Å². The van der Waals surface area contributed by atoms with Crippen molar-refractivity contribution in [2.24, 2.45) is 11.8 Å². The number of hydrogen-bond acceptors (Lipinski definition) is 8. The molecule has 4 heterocycles. The number of aromatic nitrogens is 2. The van der Waals surface area contributed by atoms with Gasteiger partial charge in [0, 0.05) is 43.1 Å². The molecule has 3 aromatic rings. The van der Waals surface area contributed by atoms with Crippen molar-refractivity contribution in [2.45, 2.75) is 30.7 Å². The quantitative estimate of drug-likeness (QED) is 0.395. The Hall–Kier alpha value is -3.70. The number of piperidine rings is 1. The van der Waals surface area contributed by atoms with E-state index >= 15 is 0 Å². The number of amides is 2. The molecule has 2 aromatic heterocycles. The first kappa shape index (κ1) is 25.9. The number of ether oxygens (including phenoxy) is 1. The minimum absolute atomic E-state index is 0.00226. The summed E-state index contributed by atoms with van der Waals surface area (Å²) >= 11 is 1.53. The van der Waals surface area contributed by atoms with Crippen LogP contribution in [0.25, 0.3) is 11.0 Å². The van der Waals surface area contributed by atoms with Crippen LogP contribution < -0.4 is 15.4 Å². The van der Waals surface area contributed by atoms with Gasteiger partial charge in [-0.3, -0.25) is 24.3 Å². The number of rotatable bonds is 8. The van der Waals surface area contributed by atoms with Gasteiger partial charge >= 0.3 is 5.97 Å². The molecule has 1 fully saturated rings. The van der Waals surface area contributed by atoms with Gasteiger partial charge in [-0.15, -0.1) is 11.8 Å². The third kappa shape index (κ3) is 6.05. The van der Waals surface area contributed by atoms with Crippen LogP contribution in [0.2, 0.25) is 0 Å². The highest BCUT2D eigenvalue weighted by Crippen LogP contribution is 2.34. The predicted molar refractivity (Wildman–Crippen MR) is 144 cm³/mol. The van der Waals surface area contributed by atoms with E-state index in [-0.39, 0.29) is 36.5 Å². The van der Waals surface area contributed by atoms with Crippen molar-refractivity contribution in [2.75, 3.05) is 36.6 Å². The molecule has 0 aliphatic carbocycles. The van der Waals surface area contributed by atoms with Gasteiger partial charge in [-0.25, -0.2) is 4.98 Å². The van der Waals surface area contributed by atoms with Gasteiger partial charge in [-0.05, 0) is 54.6 Å². The summed E-state index contributed by atoms with van der Waals surface area (Å²) in [4.78, 5) is 48.5. The average molecular weight is 536 g/mol. The second-order valence-electron chi connectivity index (χ2n) is 9.64. The molecule has 0 unspecified atom stereocenters. The lowest BCUT2D eigenvalue weighted by atomic mass is 9.80. The van der Waals surface area contributed by atoms with E-state index in [0.29, 0.717) is 47.9 Å². The summed E-state index contributed by atoms with van der Waals surface area (Å²) in [5, 5.41) is 15.4. The van der Waals surface area contributed by atoms with Crippen LogP contribution in [0.15, 0.2) is 47.5 Å². The lowest BCUT2D eigenvalue weighted by Gasteiger charge is -2.38. The van der Waals surface area contributed by atoms with Crippen molar-refractivity contribution in [3.63, 3.8) is 0 Å². The molecule has 2 atom stereocenters. The molecule has 3 N–H and O–H groups in total. The highest BCUT2D eigenvalue weighted by atomic mass is 32.2. The highest BCUT2D eigenvalue weighted by molar-refractivity contribution is 8.00. The largest absolute Gasteiger partial charge is 0.481 e. The number of fused-ring (bicyclic) bond motifs is 2. The topological polar surface area (TPSA) is 134 Å². The number of nitrogens with one attached hydrogen (secondary N) is 2. The number of thioether (sulfide) groups is 1. The number of carboxylic acid groups (broad SMARTS) is 1. The lowest BCUT2D eigenvalue weighted by Crippen LogP contribution is -2.42. The first-order valence-corrected chi connectivity index (χ1v) is 13.5. The second kappa shape index (κ2) is 11.4. The first-order chi connectivity index (χ1) is 18.4. The Morgan fingerprint density at radius 1 is 1.21 bits per heavy atom. The summed E-state index contributed by atoms with van der Waals surface area (Å²) in [5.41, 5.74) is 3.61. The summed E-state index contributed by atoms with van der Waals surface area (Å²) in [6.07, 6.45) is 2.55. The summed E-state index contributed by atoms with van der Waals surface area (Å²) in [5.74, 6) is -0.424. The number of likely N-dealkylation sites (tertiary alicyclic amines) is 1. The maximum absolute atomic E-state index is 13.1. The van der Waals surface area contributed by atoms with Gasteiger partial charge in [-0.2, -0.15) is 0 Å². The minimum atomic E-state index is -0.868. The number of pyridine rings is 2. The fraction of sp³-hybridized carbons (Fsp3) is 0.370. The number of carboxylic acids is 1. The van der Waals surface area contributed by atoms with Crippen LogP contribution in [-0.4, -0.2) is 63.7 Å². The van der Waals surface area contributed by atoms with Crippen LogP contribution in [-0.2, 0) is 20.9 Å². The Morgan fingerprint density at radius 2 is 2.08 bits per heavy atom. The van der Waals surface area contributed by atoms with Crippen molar-refractivity contribution in [3.8, 4) is 5.88 Å². The van der Waals surface area contributed by atoms with Crippen LogP contribution in [0.5, 0.6) is 5.88 Å².